The molecule has 0 unspecified atom stereocenters. The molecule has 0 fully saturated rings. The van der Waals surface area contributed by atoms with Crippen molar-refractivity contribution in [2.24, 2.45) is 5.16 Å². The fourth-order valence-electron chi connectivity index (χ4n) is 1.15. The van der Waals surface area contributed by atoms with Crippen LogP contribution < -0.4 is 0 Å². The van der Waals surface area contributed by atoms with Gasteiger partial charge in [-0.05, 0) is 18.6 Å². The van der Waals surface area contributed by atoms with E-state index in [1.165, 1.54) is 12.1 Å². The third-order valence-electron chi connectivity index (χ3n) is 1.86. The standard InChI is InChI=1S/C11H12FNO3/c1-2-10(13-16-7-11(14)15)8-4-3-5-9(12)6-8/h3-6H,2,7H2,1H3,(H,14,15)/b13-10-. The number of carboxylic acid groups (broad SMARTS) is 1. The third-order valence-corrected chi connectivity index (χ3v) is 1.86. The highest BCUT2D eigenvalue weighted by molar-refractivity contribution is 6.00. The number of nitrogens with zero attached hydrogens (tertiary/aromatic N) is 1. The second-order valence-corrected chi connectivity index (χ2v) is 3.07. The van der Waals surface area contributed by atoms with Crippen LogP contribution in [0.2, 0.25) is 0 Å². The van der Waals surface area contributed by atoms with Gasteiger partial charge in [-0.3, -0.25) is 0 Å². The van der Waals surface area contributed by atoms with Crippen molar-refractivity contribution in [1.29, 1.82) is 0 Å². The summed E-state index contributed by atoms with van der Waals surface area (Å²) in [4.78, 5) is 14.8. The highest BCUT2D eigenvalue weighted by Crippen LogP contribution is 2.07. The van der Waals surface area contributed by atoms with Crippen molar-refractivity contribution in [3.8, 4) is 0 Å². The van der Waals surface area contributed by atoms with E-state index in [1.807, 2.05) is 6.92 Å². The lowest BCUT2D eigenvalue weighted by molar-refractivity contribution is -0.142. The predicted molar refractivity (Wildman–Crippen MR) is 56.8 cm³/mol. The van der Waals surface area contributed by atoms with Crippen molar-refractivity contribution in [2.45, 2.75) is 13.3 Å². The van der Waals surface area contributed by atoms with E-state index < -0.39 is 12.6 Å². The Morgan fingerprint density at radius 3 is 2.88 bits per heavy atom. The molecule has 0 saturated carbocycles. The Bertz CT molecular complexity index is 404. The lowest BCUT2D eigenvalue weighted by atomic mass is 10.1. The van der Waals surface area contributed by atoms with Gasteiger partial charge in [0.25, 0.3) is 0 Å². The van der Waals surface area contributed by atoms with Crippen molar-refractivity contribution in [3.05, 3.63) is 35.6 Å². The monoisotopic (exact) mass is 225 g/mol. The van der Waals surface area contributed by atoms with Crippen LogP contribution in [0.1, 0.15) is 18.9 Å². The molecular weight excluding hydrogens is 213 g/mol. The van der Waals surface area contributed by atoms with Crippen molar-refractivity contribution < 1.29 is 19.1 Å². The van der Waals surface area contributed by atoms with E-state index in [2.05, 4.69) is 9.99 Å². The molecule has 0 heterocycles. The van der Waals surface area contributed by atoms with E-state index in [1.54, 1.807) is 12.1 Å². The van der Waals surface area contributed by atoms with E-state index in [9.17, 15) is 9.18 Å². The molecule has 0 aliphatic rings. The summed E-state index contributed by atoms with van der Waals surface area (Å²) in [5.74, 6) is -1.46. The summed E-state index contributed by atoms with van der Waals surface area (Å²) in [6.07, 6.45) is 0.531. The SMILES string of the molecule is CC/C(=N/OCC(=O)O)c1cccc(F)c1. The van der Waals surface area contributed by atoms with Gasteiger partial charge in [0, 0.05) is 5.56 Å². The van der Waals surface area contributed by atoms with Crippen LogP contribution >= 0.6 is 0 Å². The Balaban J connectivity index is 2.77. The zero-order valence-electron chi connectivity index (χ0n) is 8.81. The normalized spacial score (nSPS) is 11.2. The topological polar surface area (TPSA) is 58.9 Å². The third kappa shape index (κ3) is 3.68. The van der Waals surface area contributed by atoms with Crippen molar-refractivity contribution >= 4 is 11.7 Å². The van der Waals surface area contributed by atoms with Gasteiger partial charge in [-0.25, -0.2) is 9.18 Å². The lowest BCUT2D eigenvalue weighted by Gasteiger charge is -2.03. The minimum atomic E-state index is -1.10. The number of halogens is 1. The molecule has 1 aromatic carbocycles. The molecule has 0 atom stereocenters. The first-order valence-electron chi connectivity index (χ1n) is 4.80. The number of hydrogen-bond donors (Lipinski definition) is 1. The summed E-state index contributed by atoms with van der Waals surface area (Å²) < 4.78 is 12.9. The fraction of sp³-hybridized carbons (Fsp3) is 0.273. The molecule has 86 valence electrons. The molecule has 0 spiro atoms. The molecule has 4 nitrogen and oxygen atoms in total. The van der Waals surface area contributed by atoms with Gasteiger partial charge in [-0.15, -0.1) is 0 Å². The molecule has 0 aromatic heterocycles. The number of rotatable bonds is 5. The highest BCUT2D eigenvalue weighted by Gasteiger charge is 2.04. The fourth-order valence-corrected chi connectivity index (χ4v) is 1.15. The molecule has 0 bridgehead atoms. The Morgan fingerprint density at radius 2 is 2.31 bits per heavy atom. The average Bonchev–Trinajstić information content (AvgIpc) is 2.24. The maximum atomic E-state index is 12.9. The maximum absolute atomic E-state index is 12.9. The number of carbonyl (C=O) groups is 1. The van der Waals surface area contributed by atoms with E-state index in [0.717, 1.165) is 0 Å². The second kappa shape index (κ2) is 5.85. The Labute approximate surface area is 92.3 Å². The molecule has 1 rings (SSSR count). The number of benzene rings is 1. The second-order valence-electron chi connectivity index (χ2n) is 3.07. The van der Waals surface area contributed by atoms with Gasteiger partial charge in [0.15, 0.2) is 0 Å². The Hall–Kier alpha value is -1.91. The highest BCUT2D eigenvalue weighted by atomic mass is 19.1. The van der Waals surface area contributed by atoms with Crippen LogP contribution in [0.3, 0.4) is 0 Å². The summed E-state index contributed by atoms with van der Waals surface area (Å²) in [6, 6.07) is 5.91. The first-order chi connectivity index (χ1) is 7.63. The van der Waals surface area contributed by atoms with Crippen molar-refractivity contribution in [1.82, 2.24) is 0 Å². The van der Waals surface area contributed by atoms with Crippen LogP contribution in [0.15, 0.2) is 29.4 Å². The number of aliphatic carboxylic acids is 1. The molecule has 16 heavy (non-hydrogen) atoms. The van der Waals surface area contributed by atoms with Crippen molar-refractivity contribution in [3.63, 3.8) is 0 Å². The van der Waals surface area contributed by atoms with Crippen LogP contribution in [0.5, 0.6) is 0 Å². The summed E-state index contributed by atoms with van der Waals surface area (Å²) in [5.41, 5.74) is 1.11. The van der Waals surface area contributed by atoms with Gasteiger partial charge in [0.1, 0.15) is 5.82 Å². The summed E-state index contributed by atoms with van der Waals surface area (Å²) in [6.45, 7) is 1.33. The zero-order chi connectivity index (χ0) is 12.0. The summed E-state index contributed by atoms with van der Waals surface area (Å²) in [5, 5.41) is 12.0. The van der Waals surface area contributed by atoms with E-state index in [-0.39, 0.29) is 5.82 Å². The van der Waals surface area contributed by atoms with Gasteiger partial charge in [-0.1, -0.05) is 24.2 Å². The van der Waals surface area contributed by atoms with E-state index >= 15 is 0 Å². The zero-order valence-corrected chi connectivity index (χ0v) is 8.81. The molecule has 5 heteroatoms. The number of carboxylic acids is 1. The van der Waals surface area contributed by atoms with E-state index in [0.29, 0.717) is 17.7 Å². The first kappa shape index (κ1) is 12.2. The largest absolute Gasteiger partial charge is 0.479 e. The van der Waals surface area contributed by atoms with Crippen LogP contribution in [-0.2, 0) is 9.63 Å². The molecule has 0 radical (unpaired) electrons. The molecule has 0 amide bonds. The minimum absolute atomic E-state index is 0.364. The number of oxime groups is 1. The van der Waals surface area contributed by atoms with Crippen LogP contribution in [0.4, 0.5) is 4.39 Å². The van der Waals surface area contributed by atoms with Gasteiger partial charge in [0.05, 0.1) is 5.71 Å². The number of hydrogen-bond acceptors (Lipinski definition) is 3. The maximum Gasteiger partial charge on any atom is 0.344 e. The van der Waals surface area contributed by atoms with E-state index in [4.69, 9.17) is 5.11 Å². The van der Waals surface area contributed by atoms with Crippen LogP contribution in [0, 0.1) is 5.82 Å². The lowest BCUT2D eigenvalue weighted by Crippen LogP contribution is -2.06. The molecule has 0 saturated heterocycles. The molecule has 1 N–H and O–H groups in total. The van der Waals surface area contributed by atoms with Gasteiger partial charge in [-0.2, -0.15) is 0 Å². The van der Waals surface area contributed by atoms with Gasteiger partial charge < -0.3 is 9.94 Å². The molecule has 1 aromatic rings. The molecule has 0 aliphatic heterocycles. The van der Waals surface area contributed by atoms with Gasteiger partial charge >= 0.3 is 5.97 Å². The predicted octanol–water partition coefficient (Wildman–Crippen LogP) is 2.04. The average molecular weight is 225 g/mol. The Kier molecular flexibility index (Phi) is 4.44. The summed E-state index contributed by atoms with van der Waals surface area (Å²) >= 11 is 0. The van der Waals surface area contributed by atoms with Gasteiger partial charge in [0.2, 0.25) is 6.61 Å². The first-order valence-corrected chi connectivity index (χ1v) is 4.80. The molecule has 0 aliphatic carbocycles. The Morgan fingerprint density at radius 1 is 1.56 bits per heavy atom. The quantitative estimate of drug-likeness (QED) is 0.616. The van der Waals surface area contributed by atoms with Crippen molar-refractivity contribution in [2.75, 3.05) is 6.61 Å². The van der Waals surface area contributed by atoms with Crippen LogP contribution in [-0.4, -0.2) is 23.4 Å². The summed E-state index contributed by atoms with van der Waals surface area (Å²) in [7, 11) is 0. The minimum Gasteiger partial charge on any atom is -0.479 e. The van der Waals surface area contributed by atoms with Crippen LogP contribution in [0.25, 0.3) is 0 Å². The molecular formula is C11H12FNO3. The smallest absolute Gasteiger partial charge is 0.344 e.